The standard InChI is InChI=1S/CH3NO2S3.Mo/c3-1(2(5)6)4-7-1;/h3,5-6H;. The van der Waals surface area contributed by atoms with Crippen molar-refractivity contribution in [1.29, 1.82) is 0 Å². The molecule has 0 spiro atoms. The molecule has 0 aliphatic carbocycles. The normalized spacial score (nSPS) is 34.5. The van der Waals surface area contributed by atoms with E-state index in [2.05, 4.69) is 29.8 Å². The zero-order valence-electron chi connectivity index (χ0n) is 3.51. The molecule has 0 saturated carbocycles. The van der Waals surface area contributed by atoms with Gasteiger partial charge in [0.25, 0.3) is 0 Å². The van der Waals surface area contributed by atoms with E-state index in [-0.39, 0.29) is 21.1 Å². The molecule has 1 aliphatic heterocycles. The fourth-order valence-corrected chi connectivity index (χ4v) is 0.712. The number of aliphatic hydroxyl groups is 1. The molecule has 48 valence electrons. The van der Waals surface area contributed by atoms with Crippen LogP contribution < -0.4 is 0 Å². The van der Waals surface area contributed by atoms with Gasteiger partial charge in [-0.1, -0.05) is 25.6 Å². The third kappa shape index (κ3) is 2.10. The van der Waals surface area contributed by atoms with Gasteiger partial charge in [0.2, 0.25) is 0 Å². The van der Waals surface area contributed by atoms with Crippen LogP contribution in [0.15, 0.2) is 0 Å². The summed E-state index contributed by atoms with van der Waals surface area (Å²) in [5.74, 6) is 0. The Balaban J connectivity index is 0.000000490. The molecule has 1 N–H and O–H groups in total. The number of hydrogen-bond donors (Lipinski definition) is 3. The Kier molecular flexibility index (Phi) is 3.78. The van der Waals surface area contributed by atoms with Crippen molar-refractivity contribution in [3.63, 3.8) is 0 Å². The molecule has 0 aromatic rings. The van der Waals surface area contributed by atoms with Crippen LogP contribution in [0.2, 0.25) is 0 Å². The van der Waals surface area contributed by atoms with E-state index in [9.17, 15) is 0 Å². The van der Waals surface area contributed by atoms with Gasteiger partial charge in [0.15, 0.2) is 0 Å². The van der Waals surface area contributed by atoms with Crippen LogP contribution in [0.1, 0.15) is 0 Å². The van der Waals surface area contributed by atoms with E-state index in [0.717, 1.165) is 15.8 Å². The van der Waals surface area contributed by atoms with E-state index < -0.39 is 5.24 Å². The molecule has 1 aliphatic rings. The van der Waals surface area contributed by atoms with Crippen LogP contribution in [0.25, 0.3) is 0 Å². The maximum Gasteiger partial charge on any atom is 0.335 e. The maximum atomic E-state index is 8.72. The van der Waals surface area contributed by atoms with E-state index in [1.807, 2.05) is 0 Å². The summed E-state index contributed by atoms with van der Waals surface area (Å²) < 4.78 is 5.39. The van der Waals surface area contributed by atoms with Gasteiger partial charge in [0, 0.05) is 21.1 Å². The molecule has 0 radical (unpaired) electrons. The minimum atomic E-state index is -1.27. The predicted molar refractivity (Wildman–Crippen MR) is 33.4 cm³/mol. The van der Waals surface area contributed by atoms with Crippen molar-refractivity contribution >= 4 is 37.7 Å². The third-order valence-corrected chi connectivity index (χ3v) is 1.95. The van der Waals surface area contributed by atoms with Crippen molar-refractivity contribution in [1.82, 2.24) is 3.71 Å². The second-order valence-electron chi connectivity index (χ2n) is 1.00. The van der Waals surface area contributed by atoms with Gasteiger partial charge in [-0.2, -0.15) is 0 Å². The number of nitrogens with zero attached hydrogens (tertiary/aromatic N) is 1. The monoisotopic (exact) mass is 255 g/mol. The van der Waals surface area contributed by atoms with Crippen LogP contribution in [0.4, 0.5) is 0 Å². The van der Waals surface area contributed by atoms with Crippen molar-refractivity contribution in [3.8, 4) is 0 Å². The van der Waals surface area contributed by atoms with Crippen molar-refractivity contribution in [2.24, 2.45) is 0 Å². The third-order valence-electron chi connectivity index (χ3n) is 0.485. The molecule has 1 saturated heterocycles. The summed E-state index contributed by atoms with van der Waals surface area (Å²) in [4.78, 5) is 0. The minimum absolute atomic E-state index is 0. The molecule has 3 nitrogen and oxygen atoms in total. The van der Waals surface area contributed by atoms with Gasteiger partial charge in [0.1, 0.15) is 0 Å². The Morgan fingerprint density at radius 2 is 2.00 bits per heavy atom. The van der Waals surface area contributed by atoms with E-state index in [4.69, 9.17) is 5.11 Å². The Labute approximate surface area is 76.7 Å². The Morgan fingerprint density at radius 1 is 1.62 bits per heavy atom. The largest absolute Gasteiger partial charge is 0.341 e. The second kappa shape index (κ2) is 3.14. The summed E-state index contributed by atoms with van der Waals surface area (Å²) in [5.41, 5.74) is 0. The Morgan fingerprint density at radius 3 is 2.00 bits per heavy atom. The summed E-state index contributed by atoms with van der Waals surface area (Å²) in [6.07, 6.45) is 0. The maximum absolute atomic E-state index is 8.72. The zero-order valence-corrected chi connectivity index (χ0v) is 8.13. The molecule has 1 atom stereocenters. The smallest absolute Gasteiger partial charge is 0.335 e. The van der Waals surface area contributed by atoms with Gasteiger partial charge in [-0.25, -0.2) is 4.18 Å². The minimum Gasteiger partial charge on any atom is -0.341 e. The topological polar surface area (TPSA) is 36.0 Å². The van der Waals surface area contributed by atoms with Gasteiger partial charge >= 0.3 is 5.24 Å². The molecule has 1 fully saturated rings. The van der Waals surface area contributed by atoms with Gasteiger partial charge in [-0.05, 0) is 0 Å². The van der Waals surface area contributed by atoms with Crippen LogP contribution >= 0.6 is 37.7 Å². The SMILES string of the molecule is OC1(N(S)S)OS1.[Mo]. The van der Waals surface area contributed by atoms with Crippen LogP contribution in [0.3, 0.4) is 0 Å². The summed E-state index contributed by atoms with van der Waals surface area (Å²) >= 11 is 8.19. The van der Waals surface area contributed by atoms with Crippen molar-refractivity contribution < 1.29 is 30.4 Å². The van der Waals surface area contributed by atoms with E-state index in [0.29, 0.717) is 0 Å². The molecule has 0 aromatic carbocycles. The number of rotatable bonds is 1. The van der Waals surface area contributed by atoms with E-state index in [1.54, 1.807) is 0 Å². The summed E-state index contributed by atoms with van der Waals surface area (Å²) in [6.45, 7) is 0. The van der Waals surface area contributed by atoms with Gasteiger partial charge in [0.05, 0.1) is 12.0 Å². The van der Waals surface area contributed by atoms with Crippen LogP contribution in [-0.4, -0.2) is 14.1 Å². The summed E-state index contributed by atoms with van der Waals surface area (Å²) in [6, 6.07) is 0. The first-order valence-corrected chi connectivity index (χ1v) is 2.96. The summed E-state index contributed by atoms with van der Waals surface area (Å²) in [5, 5.41) is 7.45. The zero-order chi connectivity index (χ0) is 5.49. The molecule has 0 amide bonds. The van der Waals surface area contributed by atoms with Crippen LogP contribution in [0, 0.1) is 0 Å². The first-order chi connectivity index (χ1) is 3.15. The molecule has 0 bridgehead atoms. The van der Waals surface area contributed by atoms with Crippen molar-refractivity contribution in [2.75, 3.05) is 0 Å². The van der Waals surface area contributed by atoms with Gasteiger partial charge in [-0.3, -0.25) is 0 Å². The van der Waals surface area contributed by atoms with Crippen LogP contribution in [-0.2, 0) is 25.2 Å². The van der Waals surface area contributed by atoms with Gasteiger partial charge < -0.3 is 5.11 Å². The average Bonchev–Trinajstić information content (AvgIpc) is 2.21. The quantitative estimate of drug-likeness (QED) is 0.206. The molecular weight excluding hydrogens is 250 g/mol. The molecule has 1 heterocycles. The fourth-order valence-electron chi connectivity index (χ4n) is 0.104. The Hall–Kier alpha value is 1.62. The Bertz CT molecular complexity index is 85.4. The molecule has 1 unspecified atom stereocenters. The molecule has 7 heteroatoms. The van der Waals surface area contributed by atoms with E-state index in [1.165, 1.54) is 0 Å². The first kappa shape index (κ1) is 9.62. The van der Waals surface area contributed by atoms with Gasteiger partial charge in [-0.15, -0.1) is 3.71 Å². The van der Waals surface area contributed by atoms with Crippen molar-refractivity contribution in [3.05, 3.63) is 0 Å². The van der Waals surface area contributed by atoms with E-state index >= 15 is 0 Å². The average molecular weight is 253 g/mol. The van der Waals surface area contributed by atoms with Crippen LogP contribution in [0.5, 0.6) is 0 Å². The molecular formula is CH3MoNO2S3. The summed E-state index contributed by atoms with van der Waals surface area (Å²) in [7, 11) is 0. The second-order valence-corrected chi connectivity index (χ2v) is 2.99. The predicted octanol–water partition coefficient (Wildman–Crippen LogP) is 0.257. The molecule has 1 rings (SSSR count). The molecule has 0 aromatic heterocycles. The fraction of sp³-hybridized carbons (Fsp3) is 1.00. The molecule has 8 heavy (non-hydrogen) atoms. The number of thiol groups is 2. The first-order valence-electron chi connectivity index (χ1n) is 1.42. The number of hydrogen-bond acceptors (Lipinski definition) is 6. The van der Waals surface area contributed by atoms with Crippen molar-refractivity contribution in [2.45, 2.75) is 5.24 Å².